The molecule has 2 N–H and O–H groups in total. The van der Waals surface area contributed by atoms with Gasteiger partial charge in [-0.05, 0) is 19.4 Å². The molecule has 0 atom stereocenters. The number of rotatable bonds is 6. The van der Waals surface area contributed by atoms with Gasteiger partial charge in [0.2, 0.25) is 11.8 Å². The SMILES string of the molecule is C=CCNC(=O)NC(=O)CN1CCN(C(=O)C(C)(C)c2ccccc2)CC1. The number of urea groups is 1. The van der Waals surface area contributed by atoms with Crippen LogP contribution < -0.4 is 10.6 Å². The Balaban J connectivity index is 1.82. The molecule has 1 aliphatic heterocycles. The Labute approximate surface area is 160 Å². The molecular weight excluding hydrogens is 344 g/mol. The van der Waals surface area contributed by atoms with Crippen molar-refractivity contribution in [1.82, 2.24) is 20.4 Å². The van der Waals surface area contributed by atoms with Crippen LogP contribution in [0.4, 0.5) is 4.79 Å². The van der Waals surface area contributed by atoms with E-state index < -0.39 is 11.4 Å². The van der Waals surface area contributed by atoms with E-state index in [2.05, 4.69) is 17.2 Å². The summed E-state index contributed by atoms with van der Waals surface area (Å²) in [5.41, 5.74) is 0.395. The number of nitrogens with one attached hydrogen (secondary N) is 2. The van der Waals surface area contributed by atoms with E-state index in [1.165, 1.54) is 6.08 Å². The lowest BCUT2D eigenvalue weighted by Crippen LogP contribution is -2.55. The van der Waals surface area contributed by atoms with Crippen LogP contribution in [0.3, 0.4) is 0 Å². The van der Waals surface area contributed by atoms with E-state index in [0.29, 0.717) is 32.7 Å². The minimum absolute atomic E-state index is 0.0848. The second kappa shape index (κ2) is 9.32. The molecule has 1 aromatic carbocycles. The summed E-state index contributed by atoms with van der Waals surface area (Å²) in [7, 11) is 0. The van der Waals surface area contributed by atoms with Crippen molar-refractivity contribution in [2.45, 2.75) is 19.3 Å². The van der Waals surface area contributed by atoms with E-state index in [9.17, 15) is 14.4 Å². The van der Waals surface area contributed by atoms with Crippen molar-refractivity contribution in [3.05, 3.63) is 48.6 Å². The standard InChI is InChI=1S/C20H28N4O3/c1-4-10-21-19(27)22-17(25)15-23-11-13-24(14-12-23)18(26)20(2,3)16-8-6-5-7-9-16/h4-9H,1,10-15H2,2-3H3,(H2,21,22,25,27). The first-order chi connectivity index (χ1) is 12.8. The van der Waals surface area contributed by atoms with Crippen molar-refractivity contribution >= 4 is 17.8 Å². The number of benzene rings is 1. The highest BCUT2D eigenvalue weighted by atomic mass is 16.2. The number of hydrogen-bond acceptors (Lipinski definition) is 4. The summed E-state index contributed by atoms with van der Waals surface area (Å²) < 4.78 is 0. The molecule has 7 nitrogen and oxygen atoms in total. The van der Waals surface area contributed by atoms with Gasteiger partial charge in [-0.15, -0.1) is 6.58 Å². The first-order valence-electron chi connectivity index (χ1n) is 9.10. The van der Waals surface area contributed by atoms with Crippen LogP contribution in [0.15, 0.2) is 43.0 Å². The van der Waals surface area contributed by atoms with Crippen molar-refractivity contribution in [2.24, 2.45) is 0 Å². The van der Waals surface area contributed by atoms with E-state index in [4.69, 9.17) is 0 Å². The number of imide groups is 1. The van der Waals surface area contributed by atoms with Gasteiger partial charge in [0.05, 0.1) is 12.0 Å². The molecule has 2 rings (SSSR count). The Morgan fingerprint density at radius 3 is 2.33 bits per heavy atom. The number of carbonyl (C=O) groups is 3. The molecule has 0 unspecified atom stereocenters. The molecule has 0 radical (unpaired) electrons. The monoisotopic (exact) mass is 372 g/mol. The summed E-state index contributed by atoms with van der Waals surface area (Å²) in [6.45, 7) is 10.1. The van der Waals surface area contributed by atoms with Gasteiger partial charge in [-0.1, -0.05) is 36.4 Å². The maximum Gasteiger partial charge on any atom is 0.321 e. The second-order valence-electron chi connectivity index (χ2n) is 7.11. The van der Waals surface area contributed by atoms with E-state index >= 15 is 0 Å². The summed E-state index contributed by atoms with van der Waals surface area (Å²) in [4.78, 5) is 40.2. The number of piperazine rings is 1. The third-order valence-electron chi connectivity index (χ3n) is 4.72. The van der Waals surface area contributed by atoms with Crippen LogP contribution in [-0.2, 0) is 15.0 Å². The third-order valence-corrected chi connectivity index (χ3v) is 4.72. The largest absolute Gasteiger partial charge is 0.339 e. The summed E-state index contributed by atoms with van der Waals surface area (Å²) in [6, 6.07) is 9.22. The van der Waals surface area contributed by atoms with E-state index in [-0.39, 0.29) is 18.4 Å². The van der Waals surface area contributed by atoms with Crippen molar-refractivity contribution in [3.63, 3.8) is 0 Å². The van der Waals surface area contributed by atoms with Crippen molar-refractivity contribution in [1.29, 1.82) is 0 Å². The third kappa shape index (κ3) is 5.65. The van der Waals surface area contributed by atoms with Crippen molar-refractivity contribution < 1.29 is 14.4 Å². The van der Waals surface area contributed by atoms with Crippen LogP contribution in [-0.4, -0.2) is 66.9 Å². The smallest absolute Gasteiger partial charge is 0.321 e. The molecule has 1 aliphatic rings. The van der Waals surface area contributed by atoms with Crippen LogP contribution >= 0.6 is 0 Å². The van der Waals surface area contributed by atoms with Crippen LogP contribution in [0.5, 0.6) is 0 Å². The molecule has 7 heteroatoms. The van der Waals surface area contributed by atoms with Gasteiger partial charge in [0.15, 0.2) is 0 Å². The molecule has 146 valence electrons. The van der Waals surface area contributed by atoms with E-state index in [1.807, 2.05) is 54.0 Å². The molecule has 1 heterocycles. The van der Waals surface area contributed by atoms with Crippen molar-refractivity contribution in [2.75, 3.05) is 39.3 Å². The molecule has 0 bridgehead atoms. The number of hydrogen-bond donors (Lipinski definition) is 2. The molecule has 1 saturated heterocycles. The highest BCUT2D eigenvalue weighted by Gasteiger charge is 2.35. The molecule has 4 amide bonds. The van der Waals surface area contributed by atoms with Gasteiger partial charge < -0.3 is 10.2 Å². The lowest BCUT2D eigenvalue weighted by atomic mass is 9.83. The maximum absolute atomic E-state index is 13.0. The van der Waals surface area contributed by atoms with E-state index in [1.54, 1.807) is 0 Å². The molecule has 1 fully saturated rings. The first kappa shape index (κ1) is 20.6. The fraction of sp³-hybridized carbons (Fsp3) is 0.450. The quantitative estimate of drug-likeness (QED) is 0.733. The molecule has 0 spiro atoms. The predicted octanol–water partition coefficient (Wildman–Crippen LogP) is 1.12. The van der Waals surface area contributed by atoms with Gasteiger partial charge in [0.1, 0.15) is 0 Å². The Kier molecular flexibility index (Phi) is 7.12. The van der Waals surface area contributed by atoms with Gasteiger partial charge >= 0.3 is 6.03 Å². The minimum Gasteiger partial charge on any atom is -0.339 e. The molecule has 0 aromatic heterocycles. The zero-order chi connectivity index (χ0) is 19.9. The number of amides is 4. The average molecular weight is 372 g/mol. The first-order valence-corrected chi connectivity index (χ1v) is 9.10. The second-order valence-corrected chi connectivity index (χ2v) is 7.11. The molecular formula is C20H28N4O3. The number of carbonyl (C=O) groups excluding carboxylic acids is 3. The summed E-state index contributed by atoms with van der Waals surface area (Å²) >= 11 is 0. The van der Waals surface area contributed by atoms with Crippen LogP contribution in [0.25, 0.3) is 0 Å². The Bertz CT molecular complexity index is 680. The zero-order valence-electron chi connectivity index (χ0n) is 16.0. The van der Waals surface area contributed by atoms with Crippen LogP contribution in [0, 0.1) is 0 Å². The van der Waals surface area contributed by atoms with Crippen LogP contribution in [0.2, 0.25) is 0 Å². The zero-order valence-corrected chi connectivity index (χ0v) is 16.0. The molecule has 0 saturated carbocycles. The van der Waals surface area contributed by atoms with Gasteiger partial charge in [0, 0.05) is 32.7 Å². The lowest BCUT2D eigenvalue weighted by molar-refractivity contribution is -0.138. The fourth-order valence-corrected chi connectivity index (χ4v) is 3.06. The highest BCUT2D eigenvalue weighted by molar-refractivity contribution is 5.95. The topological polar surface area (TPSA) is 81.8 Å². The molecule has 27 heavy (non-hydrogen) atoms. The van der Waals surface area contributed by atoms with Gasteiger partial charge in [-0.2, -0.15) is 0 Å². The number of nitrogens with zero attached hydrogens (tertiary/aromatic N) is 2. The summed E-state index contributed by atoms with van der Waals surface area (Å²) in [6.07, 6.45) is 1.54. The minimum atomic E-state index is -0.593. The highest BCUT2D eigenvalue weighted by Crippen LogP contribution is 2.26. The maximum atomic E-state index is 13.0. The lowest BCUT2D eigenvalue weighted by Gasteiger charge is -2.38. The van der Waals surface area contributed by atoms with E-state index in [0.717, 1.165) is 5.56 Å². The normalized spacial score (nSPS) is 15.1. The van der Waals surface area contributed by atoms with Gasteiger partial charge in [-0.25, -0.2) is 4.79 Å². The average Bonchev–Trinajstić information content (AvgIpc) is 2.67. The van der Waals surface area contributed by atoms with Crippen molar-refractivity contribution in [3.8, 4) is 0 Å². The fourth-order valence-electron chi connectivity index (χ4n) is 3.06. The Morgan fingerprint density at radius 1 is 1.11 bits per heavy atom. The Hall–Kier alpha value is -2.67. The van der Waals surface area contributed by atoms with Gasteiger partial charge in [-0.3, -0.25) is 19.8 Å². The molecule has 0 aliphatic carbocycles. The summed E-state index contributed by atoms with van der Waals surface area (Å²) in [5.74, 6) is -0.275. The van der Waals surface area contributed by atoms with Gasteiger partial charge in [0.25, 0.3) is 0 Å². The Morgan fingerprint density at radius 2 is 1.74 bits per heavy atom. The van der Waals surface area contributed by atoms with Crippen LogP contribution in [0.1, 0.15) is 19.4 Å². The predicted molar refractivity (Wildman–Crippen MR) is 104 cm³/mol. The molecule has 1 aromatic rings. The summed E-state index contributed by atoms with van der Waals surface area (Å²) in [5, 5.41) is 4.78.